The number of ether oxygens (including phenoxy) is 1. The third-order valence-corrected chi connectivity index (χ3v) is 3.43. The lowest BCUT2D eigenvalue weighted by Crippen LogP contribution is -2.39. The first-order valence-corrected chi connectivity index (χ1v) is 6.99. The van der Waals surface area contributed by atoms with Gasteiger partial charge >= 0.3 is 0 Å². The minimum absolute atomic E-state index is 0.191. The molecule has 0 aromatic heterocycles. The van der Waals surface area contributed by atoms with Crippen molar-refractivity contribution < 1.29 is 9.53 Å². The van der Waals surface area contributed by atoms with Crippen molar-refractivity contribution in [1.29, 1.82) is 0 Å². The van der Waals surface area contributed by atoms with Crippen LogP contribution in [-0.4, -0.2) is 48.6 Å². The summed E-state index contributed by atoms with van der Waals surface area (Å²) in [5.74, 6) is 1.36. The summed E-state index contributed by atoms with van der Waals surface area (Å²) in [7, 11) is 0. The van der Waals surface area contributed by atoms with E-state index in [0.717, 1.165) is 39.0 Å². The Bertz CT molecular complexity index is 191. The Hall–Kier alpha value is -0.220. The van der Waals surface area contributed by atoms with Gasteiger partial charge in [0.25, 0.3) is 0 Å². The second kappa shape index (κ2) is 7.12. The van der Waals surface area contributed by atoms with Crippen molar-refractivity contribution in [1.82, 2.24) is 4.90 Å². The molecule has 4 heteroatoms. The summed E-state index contributed by atoms with van der Waals surface area (Å²) in [6.45, 7) is 4.23. The SMILES string of the molecule is CSCCCOC1CCN(C(C)=O)CC1. The zero-order valence-electron chi connectivity index (χ0n) is 9.70. The van der Waals surface area contributed by atoms with Crippen LogP contribution in [0, 0.1) is 0 Å². The van der Waals surface area contributed by atoms with Gasteiger partial charge in [-0.25, -0.2) is 0 Å². The summed E-state index contributed by atoms with van der Waals surface area (Å²) in [5, 5.41) is 0. The molecule has 0 spiro atoms. The minimum Gasteiger partial charge on any atom is -0.378 e. The van der Waals surface area contributed by atoms with E-state index in [4.69, 9.17) is 4.74 Å². The first-order valence-electron chi connectivity index (χ1n) is 5.60. The van der Waals surface area contributed by atoms with Gasteiger partial charge in [-0.05, 0) is 31.3 Å². The van der Waals surface area contributed by atoms with Gasteiger partial charge in [0, 0.05) is 26.6 Å². The predicted molar refractivity (Wildman–Crippen MR) is 64.2 cm³/mol. The molecule has 1 fully saturated rings. The number of hydrogen-bond donors (Lipinski definition) is 0. The highest BCUT2D eigenvalue weighted by atomic mass is 32.2. The molecule has 1 saturated heterocycles. The summed E-state index contributed by atoms with van der Waals surface area (Å²) >= 11 is 1.86. The minimum atomic E-state index is 0.191. The summed E-state index contributed by atoms with van der Waals surface area (Å²) < 4.78 is 5.76. The van der Waals surface area contributed by atoms with Gasteiger partial charge in [0.15, 0.2) is 0 Å². The molecule has 0 radical (unpaired) electrons. The van der Waals surface area contributed by atoms with Gasteiger partial charge in [0.2, 0.25) is 5.91 Å². The Morgan fingerprint density at radius 1 is 1.47 bits per heavy atom. The number of carbonyl (C=O) groups excluding carboxylic acids is 1. The number of likely N-dealkylation sites (tertiary alicyclic amines) is 1. The molecule has 0 bridgehead atoms. The lowest BCUT2D eigenvalue weighted by molar-refractivity contribution is -0.131. The van der Waals surface area contributed by atoms with Crippen LogP contribution in [0.4, 0.5) is 0 Å². The highest BCUT2D eigenvalue weighted by Gasteiger charge is 2.20. The van der Waals surface area contributed by atoms with Gasteiger partial charge in [-0.3, -0.25) is 4.79 Å². The average Bonchev–Trinajstić information content (AvgIpc) is 2.25. The first kappa shape index (κ1) is 12.8. The molecule has 0 atom stereocenters. The fourth-order valence-corrected chi connectivity index (χ4v) is 2.20. The highest BCUT2D eigenvalue weighted by Crippen LogP contribution is 2.14. The van der Waals surface area contributed by atoms with Crippen LogP contribution in [0.3, 0.4) is 0 Å². The number of amides is 1. The van der Waals surface area contributed by atoms with Gasteiger partial charge in [0.05, 0.1) is 6.10 Å². The molecule has 3 nitrogen and oxygen atoms in total. The van der Waals surface area contributed by atoms with Crippen molar-refractivity contribution >= 4 is 17.7 Å². The van der Waals surface area contributed by atoms with Crippen LogP contribution in [0.2, 0.25) is 0 Å². The molecule has 0 aromatic carbocycles. The summed E-state index contributed by atoms with van der Waals surface area (Å²) in [6, 6.07) is 0. The molecule has 0 aromatic rings. The van der Waals surface area contributed by atoms with Crippen LogP contribution in [-0.2, 0) is 9.53 Å². The van der Waals surface area contributed by atoms with Gasteiger partial charge in [0.1, 0.15) is 0 Å². The molecule has 0 unspecified atom stereocenters. The smallest absolute Gasteiger partial charge is 0.219 e. The lowest BCUT2D eigenvalue weighted by Gasteiger charge is -2.31. The third kappa shape index (κ3) is 4.89. The van der Waals surface area contributed by atoms with E-state index >= 15 is 0 Å². The van der Waals surface area contributed by atoms with Crippen molar-refractivity contribution in [2.75, 3.05) is 31.7 Å². The largest absolute Gasteiger partial charge is 0.378 e. The molecule has 1 rings (SSSR count). The van der Waals surface area contributed by atoms with Gasteiger partial charge in [-0.1, -0.05) is 0 Å². The van der Waals surface area contributed by atoms with Crippen molar-refractivity contribution in [3.05, 3.63) is 0 Å². The quantitative estimate of drug-likeness (QED) is 0.675. The Balaban J connectivity index is 2.07. The van der Waals surface area contributed by atoms with Crippen LogP contribution >= 0.6 is 11.8 Å². The lowest BCUT2D eigenvalue weighted by atomic mass is 10.1. The van der Waals surface area contributed by atoms with Crippen molar-refractivity contribution in [2.24, 2.45) is 0 Å². The summed E-state index contributed by atoms with van der Waals surface area (Å²) in [6.07, 6.45) is 5.62. The number of thioether (sulfide) groups is 1. The molecular formula is C11H21NO2S. The van der Waals surface area contributed by atoms with E-state index in [0.29, 0.717) is 6.10 Å². The summed E-state index contributed by atoms with van der Waals surface area (Å²) in [5.41, 5.74) is 0. The maximum atomic E-state index is 11.1. The fraction of sp³-hybridized carbons (Fsp3) is 0.909. The number of piperidine rings is 1. The van der Waals surface area contributed by atoms with E-state index in [9.17, 15) is 4.79 Å². The number of carbonyl (C=O) groups is 1. The van der Waals surface area contributed by atoms with Crippen LogP contribution in [0.1, 0.15) is 26.2 Å². The average molecular weight is 231 g/mol. The predicted octanol–water partition coefficient (Wildman–Crippen LogP) is 1.77. The van der Waals surface area contributed by atoms with E-state index in [2.05, 4.69) is 6.26 Å². The molecule has 15 heavy (non-hydrogen) atoms. The maximum absolute atomic E-state index is 11.1. The van der Waals surface area contributed by atoms with Gasteiger partial charge in [-0.2, -0.15) is 11.8 Å². The van der Waals surface area contributed by atoms with E-state index in [1.165, 1.54) is 5.75 Å². The van der Waals surface area contributed by atoms with Gasteiger partial charge in [-0.15, -0.1) is 0 Å². The monoisotopic (exact) mass is 231 g/mol. The fourth-order valence-electron chi connectivity index (χ4n) is 1.79. The molecule has 1 heterocycles. The molecule has 1 amide bonds. The molecule has 0 N–H and O–H groups in total. The molecule has 0 saturated carbocycles. The van der Waals surface area contributed by atoms with Crippen molar-refractivity contribution in [3.63, 3.8) is 0 Å². The highest BCUT2D eigenvalue weighted by molar-refractivity contribution is 7.98. The zero-order chi connectivity index (χ0) is 11.1. The topological polar surface area (TPSA) is 29.5 Å². The Morgan fingerprint density at radius 3 is 2.67 bits per heavy atom. The van der Waals surface area contributed by atoms with E-state index in [1.54, 1.807) is 6.92 Å². The van der Waals surface area contributed by atoms with Crippen molar-refractivity contribution in [2.45, 2.75) is 32.3 Å². The van der Waals surface area contributed by atoms with Crippen LogP contribution in [0.5, 0.6) is 0 Å². The van der Waals surface area contributed by atoms with E-state index in [-0.39, 0.29) is 5.91 Å². The van der Waals surface area contributed by atoms with Crippen LogP contribution in [0.15, 0.2) is 0 Å². The number of nitrogens with zero attached hydrogens (tertiary/aromatic N) is 1. The Kier molecular flexibility index (Phi) is 6.10. The molecule has 1 aliphatic heterocycles. The molecule has 88 valence electrons. The second-order valence-corrected chi connectivity index (χ2v) is 4.91. The van der Waals surface area contributed by atoms with Gasteiger partial charge < -0.3 is 9.64 Å². The summed E-state index contributed by atoms with van der Waals surface area (Å²) in [4.78, 5) is 13.0. The molecule has 0 aliphatic carbocycles. The Labute approximate surface area is 96.5 Å². The second-order valence-electron chi connectivity index (χ2n) is 3.92. The number of hydrogen-bond acceptors (Lipinski definition) is 3. The maximum Gasteiger partial charge on any atom is 0.219 e. The van der Waals surface area contributed by atoms with E-state index in [1.807, 2.05) is 16.7 Å². The van der Waals surface area contributed by atoms with Crippen molar-refractivity contribution in [3.8, 4) is 0 Å². The molecular weight excluding hydrogens is 210 g/mol. The number of rotatable bonds is 5. The third-order valence-electron chi connectivity index (χ3n) is 2.73. The normalized spacial score (nSPS) is 18.1. The Morgan fingerprint density at radius 2 is 2.13 bits per heavy atom. The van der Waals surface area contributed by atoms with E-state index < -0.39 is 0 Å². The zero-order valence-corrected chi connectivity index (χ0v) is 10.5. The van der Waals surface area contributed by atoms with Crippen LogP contribution in [0.25, 0.3) is 0 Å². The first-order chi connectivity index (χ1) is 7.24. The van der Waals surface area contributed by atoms with Crippen LogP contribution < -0.4 is 0 Å². The molecule has 1 aliphatic rings. The standard InChI is InChI=1S/C11H21NO2S/c1-10(13)12-6-4-11(5-7-12)14-8-3-9-15-2/h11H,3-9H2,1-2H3.